The number of carbonyl (C=O) groups excluding carboxylic acids is 2. The molecule has 2 rings (SSSR count). The summed E-state index contributed by atoms with van der Waals surface area (Å²) in [6.07, 6.45) is -6.10. The highest BCUT2D eigenvalue weighted by Gasteiger charge is 2.54. The van der Waals surface area contributed by atoms with Gasteiger partial charge in [0.15, 0.2) is 0 Å². The quantitative estimate of drug-likeness (QED) is 0.763. The molecule has 1 aliphatic heterocycles. The molecule has 24 heavy (non-hydrogen) atoms. The lowest BCUT2D eigenvalue weighted by molar-refractivity contribution is -0.188. The molecule has 0 radical (unpaired) electrons. The smallest absolute Gasteiger partial charge is 0.304 e. The number of benzene rings is 1. The minimum atomic E-state index is -5.04. The van der Waals surface area contributed by atoms with E-state index in [1.54, 1.807) is 39.8 Å². The molecule has 132 valence electrons. The standard InChI is InChI=1S/C16H18ClF3N2O2/c1-9-5-10(17)7-11(6-9)22-12(23)8-21(13(22)15(2,3)4)14(24)16(18,19)20/h5-7,13H,8H2,1-4H3/t13-/m0/s1. The van der Waals surface area contributed by atoms with Crippen molar-refractivity contribution in [3.63, 3.8) is 0 Å². The molecule has 1 aliphatic rings. The van der Waals surface area contributed by atoms with E-state index in [1.165, 1.54) is 11.0 Å². The Morgan fingerprint density at radius 2 is 1.79 bits per heavy atom. The monoisotopic (exact) mass is 362 g/mol. The van der Waals surface area contributed by atoms with E-state index in [9.17, 15) is 22.8 Å². The van der Waals surface area contributed by atoms with E-state index in [0.29, 0.717) is 15.6 Å². The summed E-state index contributed by atoms with van der Waals surface area (Å²) in [5.41, 5.74) is 0.351. The van der Waals surface area contributed by atoms with E-state index >= 15 is 0 Å². The average molecular weight is 363 g/mol. The first kappa shape index (κ1) is 18.6. The Labute approximate surface area is 143 Å². The maximum absolute atomic E-state index is 12.9. The van der Waals surface area contributed by atoms with Crippen LogP contribution in [0.5, 0.6) is 0 Å². The zero-order chi connectivity index (χ0) is 18.4. The van der Waals surface area contributed by atoms with Crippen LogP contribution < -0.4 is 4.90 Å². The van der Waals surface area contributed by atoms with Gasteiger partial charge in [-0.2, -0.15) is 13.2 Å². The zero-order valence-electron chi connectivity index (χ0n) is 13.7. The summed E-state index contributed by atoms with van der Waals surface area (Å²) in [7, 11) is 0. The second-order valence-corrected chi connectivity index (χ2v) is 7.36. The summed E-state index contributed by atoms with van der Waals surface area (Å²) in [5, 5.41) is 0.367. The number of carbonyl (C=O) groups is 2. The highest BCUT2D eigenvalue weighted by Crippen LogP contribution is 2.38. The van der Waals surface area contributed by atoms with Gasteiger partial charge in [0.05, 0.1) is 0 Å². The molecule has 1 atom stereocenters. The third kappa shape index (κ3) is 3.50. The van der Waals surface area contributed by atoms with Crippen LogP contribution in [0.25, 0.3) is 0 Å². The van der Waals surface area contributed by atoms with Crippen LogP contribution in [0.15, 0.2) is 18.2 Å². The molecule has 0 spiro atoms. The molecule has 1 fully saturated rings. The highest BCUT2D eigenvalue weighted by molar-refractivity contribution is 6.31. The summed E-state index contributed by atoms with van der Waals surface area (Å²) in [5.74, 6) is -2.59. The number of hydrogen-bond acceptors (Lipinski definition) is 2. The summed E-state index contributed by atoms with van der Waals surface area (Å²) >= 11 is 6.01. The van der Waals surface area contributed by atoms with Crippen molar-refractivity contribution in [3.05, 3.63) is 28.8 Å². The van der Waals surface area contributed by atoms with Gasteiger partial charge < -0.3 is 4.90 Å². The molecule has 0 aromatic heterocycles. The van der Waals surface area contributed by atoms with Crippen LogP contribution in [0.2, 0.25) is 5.02 Å². The van der Waals surface area contributed by atoms with Gasteiger partial charge in [-0.25, -0.2) is 0 Å². The Balaban J connectivity index is 2.54. The summed E-state index contributed by atoms with van der Waals surface area (Å²) in [4.78, 5) is 26.0. The van der Waals surface area contributed by atoms with Crippen LogP contribution in [0, 0.1) is 12.3 Å². The van der Waals surface area contributed by atoms with Crippen LogP contribution in [0.4, 0.5) is 18.9 Å². The Hall–Kier alpha value is -1.76. The van der Waals surface area contributed by atoms with Crippen LogP contribution in [-0.2, 0) is 9.59 Å². The van der Waals surface area contributed by atoms with Crippen molar-refractivity contribution in [1.82, 2.24) is 4.90 Å². The topological polar surface area (TPSA) is 40.6 Å². The number of anilines is 1. The lowest BCUT2D eigenvalue weighted by atomic mass is 9.90. The van der Waals surface area contributed by atoms with Gasteiger partial charge in [-0.3, -0.25) is 14.5 Å². The van der Waals surface area contributed by atoms with Gasteiger partial charge in [-0.05, 0) is 30.7 Å². The molecule has 4 nitrogen and oxygen atoms in total. The molecule has 1 aromatic rings. The maximum atomic E-state index is 12.9. The lowest BCUT2D eigenvalue weighted by Gasteiger charge is -2.39. The number of rotatable bonds is 1. The van der Waals surface area contributed by atoms with Gasteiger partial charge in [0.25, 0.3) is 0 Å². The second kappa shape index (κ2) is 5.95. The zero-order valence-corrected chi connectivity index (χ0v) is 14.5. The molecule has 8 heteroatoms. The molecular weight excluding hydrogens is 345 g/mol. The third-order valence-electron chi connectivity index (χ3n) is 3.70. The fourth-order valence-corrected chi connectivity index (χ4v) is 3.21. The van der Waals surface area contributed by atoms with Gasteiger partial charge in [0.1, 0.15) is 12.7 Å². The Bertz CT molecular complexity index is 663. The minimum Gasteiger partial charge on any atom is -0.304 e. The molecule has 0 unspecified atom stereocenters. The minimum absolute atomic E-state index is 0.367. The summed E-state index contributed by atoms with van der Waals surface area (Å²) in [6, 6.07) is 4.84. The van der Waals surface area contributed by atoms with E-state index in [0.717, 1.165) is 5.56 Å². The van der Waals surface area contributed by atoms with Crippen molar-refractivity contribution in [1.29, 1.82) is 0 Å². The predicted molar refractivity (Wildman–Crippen MR) is 84.7 cm³/mol. The van der Waals surface area contributed by atoms with Crippen molar-refractivity contribution < 1.29 is 22.8 Å². The maximum Gasteiger partial charge on any atom is 0.471 e. The molecule has 1 heterocycles. The fourth-order valence-electron chi connectivity index (χ4n) is 2.93. The van der Waals surface area contributed by atoms with Crippen molar-refractivity contribution in [2.24, 2.45) is 5.41 Å². The van der Waals surface area contributed by atoms with E-state index < -0.39 is 36.1 Å². The fraction of sp³-hybridized carbons (Fsp3) is 0.500. The number of aryl methyl sites for hydroxylation is 1. The van der Waals surface area contributed by atoms with Gasteiger partial charge in [0.2, 0.25) is 5.91 Å². The first-order valence-corrected chi connectivity index (χ1v) is 7.67. The van der Waals surface area contributed by atoms with Gasteiger partial charge in [0, 0.05) is 16.1 Å². The first-order chi connectivity index (χ1) is 10.8. The highest BCUT2D eigenvalue weighted by atomic mass is 35.5. The molecule has 0 N–H and O–H groups in total. The third-order valence-corrected chi connectivity index (χ3v) is 3.92. The molecule has 1 saturated heterocycles. The molecule has 2 amide bonds. The Morgan fingerprint density at radius 3 is 2.25 bits per heavy atom. The average Bonchev–Trinajstić information content (AvgIpc) is 2.72. The predicted octanol–water partition coefficient (Wildman–Crippen LogP) is 3.76. The summed E-state index contributed by atoms with van der Waals surface area (Å²) in [6.45, 7) is 6.18. The molecule has 0 saturated carbocycles. The molecular formula is C16H18ClF3N2O2. The second-order valence-electron chi connectivity index (χ2n) is 6.92. The SMILES string of the molecule is Cc1cc(Cl)cc(N2C(=O)CN(C(=O)C(F)(F)F)[C@@H]2C(C)(C)C)c1. The van der Waals surface area contributed by atoms with E-state index in [-0.39, 0.29) is 0 Å². The van der Waals surface area contributed by atoms with Gasteiger partial charge in [-0.15, -0.1) is 0 Å². The first-order valence-electron chi connectivity index (χ1n) is 7.29. The van der Waals surface area contributed by atoms with E-state index in [1.807, 2.05) is 0 Å². The number of nitrogens with zero attached hydrogens (tertiary/aromatic N) is 2. The molecule has 0 bridgehead atoms. The van der Waals surface area contributed by atoms with Crippen molar-refractivity contribution in [2.45, 2.75) is 40.0 Å². The molecule has 1 aromatic carbocycles. The van der Waals surface area contributed by atoms with Crippen molar-refractivity contribution >= 4 is 29.1 Å². The Morgan fingerprint density at radius 1 is 1.21 bits per heavy atom. The van der Waals surface area contributed by atoms with Crippen LogP contribution >= 0.6 is 11.6 Å². The lowest BCUT2D eigenvalue weighted by Crippen LogP contribution is -2.53. The normalized spacial score (nSPS) is 19.2. The number of alkyl halides is 3. The van der Waals surface area contributed by atoms with Crippen LogP contribution in [0.3, 0.4) is 0 Å². The number of amides is 2. The van der Waals surface area contributed by atoms with Gasteiger partial charge >= 0.3 is 12.1 Å². The van der Waals surface area contributed by atoms with Crippen molar-refractivity contribution in [3.8, 4) is 0 Å². The largest absolute Gasteiger partial charge is 0.471 e. The Kier molecular flexibility index (Phi) is 4.61. The van der Waals surface area contributed by atoms with Crippen molar-refractivity contribution in [2.75, 3.05) is 11.4 Å². The van der Waals surface area contributed by atoms with E-state index in [4.69, 9.17) is 11.6 Å². The summed E-state index contributed by atoms with van der Waals surface area (Å²) < 4.78 is 38.7. The van der Waals surface area contributed by atoms with E-state index in [2.05, 4.69) is 0 Å². The number of halogens is 4. The number of hydrogen-bond donors (Lipinski definition) is 0. The van der Waals surface area contributed by atoms with Crippen LogP contribution in [0.1, 0.15) is 26.3 Å². The molecule has 0 aliphatic carbocycles. The van der Waals surface area contributed by atoms with Gasteiger partial charge in [-0.1, -0.05) is 32.4 Å². The van der Waals surface area contributed by atoms with Crippen LogP contribution in [-0.4, -0.2) is 35.6 Å².